The molecule has 1 saturated heterocycles. The van der Waals surface area contributed by atoms with Crippen molar-refractivity contribution in [2.24, 2.45) is 0 Å². The van der Waals surface area contributed by atoms with Crippen LogP contribution in [-0.4, -0.2) is 74.6 Å². The fraction of sp³-hybridized carbons (Fsp3) is 0.333. The molecule has 1 fully saturated rings. The van der Waals surface area contributed by atoms with Crippen LogP contribution in [0, 0.1) is 0 Å². The van der Waals surface area contributed by atoms with Crippen LogP contribution in [0.25, 0.3) is 21.8 Å². The number of β-amino-alcohol motifs (C(OH)–C–C–N with tert-alkyl or cyclic N) is 1. The van der Waals surface area contributed by atoms with Crippen molar-refractivity contribution in [2.45, 2.75) is 6.10 Å². The summed E-state index contributed by atoms with van der Waals surface area (Å²) in [4.78, 5) is 8.03. The molecule has 178 valence electrons. The van der Waals surface area contributed by atoms with Gasteiger partial charge in [0.1, 0.15) is 30.0 Å². The monoisotopic (exact) mass is 461 g/mol. The van der Waals surface area contributed by atoms with Gasteiger partial charge in [-0.05, 0) is 30.3 Å². The van der Waals surface area contributed by atoms with Crippen LogP contribution in [0.4, 0.5) is 5.69 Å². The molecule has 0 bridgehead atoms. The van der Waals surface area contributed by atoms with Crippen LogP contribution in [0.2, 0.25) is 0 Å². The van der Waals surface area contributed by atoms with Crippen molar-refractivity contribution >= 4 is 27.5 Å². The number of aliphatic hydroxyl groups excluding tert-OH is 1. The van der Waals surface area contributed by atoms with Gasteiger partial charge in [0, 0.05) is 55.1 Å². The van der Waals surface area contributed by atoms with E-state index in [9.17, 15) is 5.11 Å². The summed E-state index contributed by atoms with van der Waals surface area (Å²) in [6.07, 6.45) is -0.567. The summed E-state index contributed by atoms with van der Waals surface area (Å²) >= 11 is 0. The molecule has 1 unspecified atom stereocenters. The van der Waals surface area contributed by atoms with Crippen molar-refractivity contribution in [2.75, 3.05) is 58.5 Å². The highest BCUT2D eigenvalue weighted by Crippen LogP contribution is 2.34. The van der Waals surface area contributed by atoms with Gasteiger partial charge in [-0.2, -0.15) is 0 Å². The summed E-state index contributed by atoms with van der Waals surface area (Å²) < 4.78 is 17.0. The number of anilines is 1. The maximum Gasteiger partial charge on any atom is 0.145 e. The minimum absolute atomic E-state index is 0.255. The van der Waals surface area contributed by atoms with Crippen LogP contribution in [0.3, 0.4) is 0 Å². The summed E-state index contributed by atoms with van der Waals surface area (Å²) in [6.45, 7) is 4.30. The van der Waals surface area contributed by atoms with Gasteiger partial charge in [0.15, 0.2) is 0 Å². The Morgan fingerprint density at radius 2 is 1.68 bits per heavy atom. The van der Waals surface area contributed by atoms with Gasteiger partial charge in [-0.15, -0.1) is 0 Å². The molecule has 1 aliphatic heterocycles. The number of aromatic amines is 1. The minimum Gasteiger partial charge on any atom is -0.497 e. The van der Waals surface area contributed by atoms with Crippen LogP contribution >= 0.6 is 0 Å². The SMILES string of the molecule is COc1ccc(N2CCN(CC(O)COc3cccc4[nH]c5ccccc5c34)CC2)c(OC)c1. The zero-order valence-corrected chi connectivity index (χ0v) is 19.7. The third kappa shape index (κ3) is 4.49. The van der Waals surface area contributed by atoms with E-state index in [2.05, 4.69) is 33.0 Å². The highest BCUT2D eigenvalue weighted by molar-refractivity contribution is 6.10. The zero-order valence-electron chi connectivity index (χ0n) is 19.7. The number of methoxy groups -OCH3 is 2. The number of nitrogens with one attached hydrogen (secondary N) is 1. The number of piperazine rings is 1. The predicted molar refractivity (Wildman–Crippen MR) is 136 cm³/mol. The molecule has 5 rings (SSSR count). The molecule has 0 radical (unpaired) electrons. The number of benzene rings is 3. The first-order valence-corrected chi connectivity index (χ1v) is 11.7. The lowest BCUT2D eigenvalue weighted by atomic mass is 10.1. The molecule has 0 aliphatic carbocycles. The summed E-state index contributed by atoms with van der Waals surface area (Å²) in [7, 11) is 3.34. The fourth-order valence-electron chi connectivity index (χ4n) is 4.74. The average Bonchev–Trinajstić information content (AvgIpc) is 3.27. The van der Waals surface area contributed by atoms with E-state index < -0.39 is 6.10 Å². The maximum absolute atomic E-state index is 10.7. The van der Waals surface area contributed by atoms with Crippen LogP contribution in [0.15, 0.2) is 60.7 Å². The maximum atomic E-state index is 10.7. The van der Waals surface area contributed by atoms with Crippen molar-refractivity contribution in [3.63, 3.8) is 0 Å². The number of nitrogens with zero attached hydrogens (tertiary/aromatic N) is 2. The molecule has 1 aliphatic rings. The molecule has 4 aromatic rings. The number of ether oxygens (including phenoxy) is 3. The molecule has 7 heteroatoms. The Labute approximate surface area is 199 Å². The second kappa shape index (κ2) is 9.83. The third-order valence-corrected chi connectivity index (χ3v) is 6.49. The Bertz CT molecular complexity index is 1260. The smallest absolute Gasteiger partial charge is 0.145 e. The van der Waals surface area contributed by atoms with Crippen LogP contribution in [0.1, 0.15) is 0 Å². The van der Waals surface area contributed by atoms with E-state index in [-0.39, 0.29) is 6.61 Å². The highest BCUT2D eigenvalue weighted by atomic mass is 16.5. The number of para-hydroxylation sites is 1. The fourth-order valence-corrected chi connectivity index (χ4v) is 4.74. The van der Waals surface area contributed by atoms with Crippen LogP contribution in [0.5, 0.6) is 17.2 Å². The Hall–Kier alpha value is -3.42. The molecule has 0 spiro atoms. The first-order valence-electron chi connectivity index (χ1n) is 11.7. The van der Waals surface area contributed by atoms with E-state index in [0.717, 1.165) is 70.9 Å². The number of hydrogen-bond donors (Lipinski definition) is 2. The molecule has 0 saturated carbocycles. The number of aliphatic hydroxyl groups is 1. The first-order chi connectivity index (χ1) is 16.7. The largest absolute Gasteiger partial charge is 0.497 e. The summed E-state index contributed by atoms with van der Waals surface area (Å²) in [5.74, 6) is 2.39. The highest BCUT2D eigenvalue weighted by Gasteiger charge is 2.22. The lowest BCUT2D eigenvalue weighted by molar-refractivity contribution is 0.0668. The second-order valence-corrected chi connectivity index (χ2v) is 8.64. The summed E-state index contributed by atoms with van der Waals surface area (Å²) in [6, 6.07) is 20.1. The number of aromatic nitrogens is 1. The van der Waals surface area contributed by atoms with E-state index >= 15 is 0 Å². The lowest BCUT2D eigenvalue weighted by Crippen LogP contribution is -2.49. The number of H-pyrrole nitrogens is 1. The molecule has 34 heavy (non-hydrogen) atoms. The van der Waals surface area contributed by atoms with Crippen LogP contribution in [-0.2, 0) is 0 Å². The van der Waals surface area contributed by atoms with E-state index in [1.54, 1.807) is 14.2 Å². The molecule has 7 nitrogen and oxygen atoms in total. The standard InChI is InChI=1S/C27H31N3O4/c1-32-20-10-11-24(26(16-20)33-2)30-14-12-29(13-15-30)17-19(31)18-34-25-9-5-8-23-27(25)21-6-3-4-7-22(21)28-23/h3-11,16,19,28,31H,12-15,17-18H2,1-2H3. The molecule has 2 N–H and O–H groups in total. The molecule has 0 amide bonds. The minimum atomic E-state index is -0.567. The predicted octanol–water partition coefficient (Wildman–Crippen LogP) is 3.90. The molecule has 1 atom stereocenters. The van der Waals surface area contributed by atoms with E-state index in [0.29, 0.717) is 6.54 Å². The van der Waals surface area contributed by atoms with E-state index in [1.807, 2.05) is 42.5 Å². The lowest BCUT2D eigenvalue weighted by Gasteiger charge is -2.37. The Balaban J connectivity index is 1.17. The second-order valence-electron chi connectivity index (χ2n) is 8.64. The molecule has 2 heterocycles. The van der Waals surface area contributed by atoms with Gasteiger partial charge in [-0.3, -0.25) is 4.90 Å². The van der Waals surface area contributed by atoms with Crippen molar-refractivity contribution in [1.82, 2.24) is 9.88 Å². The van der Waals surface area contributed by atoms with Crippen molar-refractivity contribution in [3.8, 4) is 17.2 Å². The zero-order chi connectivity index (χ0) is 23.5. The summed E-state index contributed by atoms with van der Waals surface area (Å²) in [5.41, 5.74) is 3.19. The van der Waals surface area contributed by atoms with Crippen molar-refractivity contribution < 1.29 is 19.3 Å². The van der Waals surface area contributed by atoms with Gasteiger partial charge in [0.25, 0.3) is 0 Å². The van der Waals surface area contributed by atoms with Gasteiger partial charge in [0.05, 0.1) is 25.4 Å². The van der Waals surface area contributed by atoms with E-state index in [1.165, 1.54) is 0 Å². The van der Waals surface area contributed by atoms with Gasteiger partial charge < -0.3 is 29.2 Å². The number of hydrogen-bond acceptors (Lipinski definition) is 6. The quantitative estimate of drug-likeness (QED) is 0.415. The summed E-state index contributed by atoms with van der Waals surface area (Å²) in [5, 5.41) is 12.9. The molecule has 1 aromatic heterocycles. The molecular weight excluding hydrogens is 430 g/mol. The van der Waals surface area contributed by atoms with Gasteiger partial charge in [0.2, 0.25) is 0 Å². The first kappa shape index (κ1) is 22.4. The van der Waals surface area contributed by atoms with Crippen molar-refractivity contribution in [3.05, 3.63) is 60.7 Å². The Kier molecular flexibility index (Phi) is 6.47. The Morgan fingerprint density at radius 1 is 0.882 bits per heavy atom. The van der Waals surface area contributed by atoms with Gasteiger partial charge in [-0.1, -0.05) is 24.3 Å². The number of fused-ring (bicyclic) bond motifs is 3. The Morgan fingerprint density at radius 3 is 2.47 bits per heavy atom. The normalized spacial score (nSPS) is 15.6. The number of rotatable bonds is 8. The average molecular weight is 462 g/mol. The van der Waals surface area contributed by atoms with Crippen LogP contribution < -0.4 is 19.1 Å². The topological polar surface area (TPSA) is 70.2 Å². The third-order valence-electron chi connectivity index (χ3n) is 6.49. The molecular formula is C27H31N3O4. The van der Waals surface area contributed by atoms with E-state index in [4.69, 9.17) is 14.2 Å². The molecule has 3 aromatic carbocycles. The van der Waals surface area contributed by atoms with Crippen molar-refractivity contribution in [1.29, 1.82) is 0 Å². The van der Waals surface area contributed by atoms with Gasteiger partial charge >= 0.3 is 0 Å². The van der Waals surface area contributed by atoms with Gasteiger partial charge in [-0.25, -0.2) is 0 Å².